The van der Waals surface area contributed by atoms with Crippen LogP contribution >= 0.6 is 0 Å². The molecule has 2 N–H and O–H groups in total. The van der Waals surface area contributed by atoms with Crippen molar-refractivity contribution in [3.63, 3.8) is 0 Å². The molecular formula is C10H20N2O2. The van der Waals surface area contributed by atoms with Gasteiger partial charge in [0.15, 0.2) is 0 Å². The van der Waals surface area contributed by atoms with Crippen LogP contribution in [0.4, 0.5) is 0 Å². The highest BCUT2D eigenvalue weighted by Crippen LogP contribution is 2.20. The van der Waals surface area contributed by atoms with E-state index in [4.69, 9.17) is 10.5 Å². The Hall–Kier alpha value is -0.610. The number of likely N-dealkylation sites (tertiary alicyclic amines) is 1. The minimum Gasteiger partial charge on any atom is -0.369 e. The molecule has 0 aromatic carbocycles. The van der Waals surface area contributed by atoms with Crippen LogP contribution in [0.5, 0.6) is 0 Å². The summed E-state index contributed by atoms with van der Waals surface area (Å²) in [6.45, 7) is 7.02. The summed E-state index contributed by atoms with van der Waals surface area (Å²) in [5.41, 5.74) is 5.12. The molecule has 0 saturated carbocycles. The fraction of sp³-hybridized carbons (Fsp3) is 0.900. The Bertz CT molecular complexity index is 218. The van der Waals surface area contributed by atoms with E-state index in [2.05, 4.69) is 6.92 Å². The maximum absolute atomic E-state index is 11.9. The third kappa shape index (κ3) is 2.07. The van der Waals surface area contributed by atoms with Crippen LogP contribution in [0, 0.1) is 5.92 Å². The molecule has 1 heterocycles. The molecule has 1 amide bonds. The Kier molecular flexibility index (Phi) is 3.17. The Morgan fingerprint density at radius 2 is 2.07 bits per heavy atom. The Labute approximate surface area is 85.4 Å². The van der Waals surface area contributed by atoms with Crippen molar-refractivity contribution in [1.29, 1.82) is 0 Å². The molecular weight excluding hydrogens is 180 g/mol. The van der Waals surface area contributed by atoms with Crippen molar-refractivity contribution >= 4 is 5.91 Å². The van der Waals surface area contributed by atoms with E-state index in [1.54, 1.807) is 25.9 Å². The number of rotatable bonds is 2. The number of methoxy groups -OCH3 is 1. The van der Waals surface area contributed by atoms with Gasteiger partial charge in [0.05, 0.1) is 0 Å². The predicted octanol–water partition coefficient (Wildman–Crippen LogP) is 0.217. The van der Waals surface area contributed by atoms with E-state index in [1.807, 2.05) is 0 Å². The first-order chi connectivity index (χ1) is 6.38. The number of hydrogen-bond acceptors (Lipinski definition) is 3. The van der Waals surface area contributed by atoms with Gasteiger partial charge in [-0.15, -0.1) is 0 Å². The van der Waals surface area contributed by atoms with Gasteiger partial charge in [-0.25, -0.2) is 0 Å². The van der Waals surface area contributed by atoms with Gasteiger partial charge < -0.3 is 15.4 Å². The zero-order valence-electron chi connectivity index (χ0n) is 9.41. The van der Waals surface area contributed by atoms with Crippen molar-refractivity contribution in [2.75, 3.05) is 20.2 Å². The van der Waals surface area contributed by atoms with E-state index >= 15 is 0 Å². The summed E-state index contributed by atoms with van der Waals surface area (Å²) in [5, 5.41) is 0. The molecule has 82 valence electrons. The van der Waals surface area contributed by atoms with Crippen molar-refractivity contribution in [3.8, 4) is 0 Å². The summed E-state index contributed by atoms with van der Waals surface area (Å²) in [6.07, 6.45) is 0. The number of nitrogens with zero attached hydrogens (tertiary/aromatic N) is 1. The SMILES string of the molecule is COC(C)(C)C(=O)N1CC(C)C(N)C1. The summed E-state index contributed by atoms with van der Waals surface area (Å²) >= 11 is 0. The fourth-order valence-electron chi connectivity index (χ4n) is 1.63. The molecule has 0 aromatic rings. The molecule has 2 unspecified atom stereocenters. The topological polar surface area (TPSA) is 55.6 Å². The third-order valence-electron chi connectivity index (χ3n) is 2.98. The highest BCUT2D eigenvalue weighted by atomic mass is 16.5. The van der Waals surface area contributed by atoms with Crippen LogP contribution < -0.4 is 5.73 Å². The molecule has 14 heavy (non-hydrogen) atoms. The summed E-state index contributed by atoms with van der Waals surface area (Å²) in [7, 11) is 1.55. The van der Waals surface area contributed by atoms with E-state index in [0.717, 1.165) is 6.54 Å². The summed E-state index contributed by atoms with van der Waals surface area (Å²) < 4.78 is 5.15. The van der Waals surface area contributed by atoms with Gasteiger partial charge in [0.2, 0.25) is 0 Å². The number of hydrogen-bond donors (Lipinski definition) is 1. The van der Waals surface area contributed by atoms with Crippen LogP contribution in [0.15, 0.2) is 0 Å². The van der Waals surface area contributed by atoms with Gasteiger partial charge in [0, 0.05) is 26.2 Å². The lowest BCUT2D eigenvalue weighted by Gasteiger charge is -2.27. The van der Waals surface area contributed by atoms with Crippen LogP contribution in [0.1, 0.15) is 20.8 Å². The molecule has 1 saturated heterocycles. The number of ether oxygens (including phenoxy) is 1. The van der Waals surface area contributed by atoms with Gasteiger partial charge in [-0.05, 0) is 19.8 Å². The summed E-state index contributed by atoms with van der Waals surface area (Å²) in [6, 6.07) is 0.103. The molecule has 2 atom stereocenters. The standard InChI is InChI=1S/C10H20N2O2/c1-7-5-12(6-8(7)11)9(13)10(2,3)14-4/h7-8H,5-6,11H2,1-4H3. The van der Waals surface area contributed by atoms with Crippen molar-refractivity contribution in [2.24, 2.45) is 11.7 Å². The van der Waals surface area contributed by atoms with Gasteiger partial charge in [0.1, 0.15) is 5.60 Å². The molecule has 0 aliphatic carbocycles. The zero-order chi connectivity index (χ0) is 10.9. The molecule has 0 spiro atoms. The monoisotopic (exact) mass is 200 g/mol. The minimum atomic E-state index is -0.732. The maximum atomic E-state index is 11.9. The zero-order valence-corrected chi connectivity index (χ0v) is 9.41. The first-order valence-electron chi connectivity index (χ1n) is 4.98. The number of carbonyl (C=O) groups is 1. The first kappa shape index (κ1) is 11.5. The van der Waals surface area contributed by atoms with E-state index in [0.29, 0.717) is 12.5 Å². The molecule has 1 aliphatic rings. The minimum absolute atomic E-state index is 0.0276. The highest BCUT2D eigenvalue weighted by Gasteiger charge is 2.37. The lowest BCUT2D eigenvalue weighted by atomic mass is 10.1. The van der Waals surface area contributed by atoms with E-state index < -0.39 is 5.60 Å². The van der Waals surface area contributed by atoms with Crippen LogP contribution in [-0.4, -0.2) is 42.6 Å². The van der Waals surface area contributed by atoms with Gasteiger partial charge in [-0.1, -0.05) is 6.92 Å². The Morgan fingerprint density at radius 1 is 1.50 bits per heavy atom. The van der Waals surface area contributed by atoms with Gasteiger partial charge in [-0.2, -0.15) is 0 Å². The second-order valence-corrected chi connectivity index (χ2v) is 4.57. The summed E-state index contributed by atoms with van der Waals surface area (Å²) in [5.74, 6) is 0.409. The molecule has 1 rings (SSSR count). The lowest BCUT2D eigenvalue weighted by molar-refractivity contribution is -0.150. The average molecular weight is 200 g/mol. The second kappa shape index (κ2) is 3.87. The van der Waals surface area contributed by atoms with Gasteiger partial charge in [-0.3, -0.25) is 4.79 Å². The second-order valence-electron chi connectivity index (χ2n) is 4.57. The summed E-state index contributed by atoms with van der Waals surface area (Å²) in [4.78, 5) is 13.7. The van der Waals surface area contributed by atoms with Crippen molar-refractivity contribution in [3.05, 3.63) is 0 Å². The third-order valence-corrected chi connectivity index (χ3v) is 2.98. The van der Waals surface area contributed by atoms with Crippen LogP contribution in [0.2, 0.25) is 0 Å². The number of amides is 1. The normalized spacial score (nSPS) is 28.2. The van der Waals surface area contributed by atoms with E-state index in [9.17, 15) is 4.79 Å². The first-order valence-corrected chi connectivity index (χ1v) is 4.98. The lowest BCUT2D eigenvalue weighted by Crippen LogP contribution is -2.46. The molecule has 0 aromatic heterocycles. The van der Waals surface area contributed by atoms with E-state index in [-0.39, 0.29) is 11.9 Å². The predicted molar refractivity (Wildman–Crippen MR) is 54.8 cm³/mol. The Morgan fingerprint density at radius 3 is 2.43 bits per heavy atom. The molecule has 0 radical (unpaired) electrons. The molecule has 4 heteroatoms. The van der Waals surface area contributed by atoms with Crippen LogP contribution in [-0.2, 0) is 9.53 Å². The highest BCUT2D eigenvalue weighted by molar-refractivity contribution is 5.84. The largest absolute Gasteiger partial charge is 0.369 e. The maximum Gasteiger partial charge on any atom is 0.254 e. The fourth-order valence-corrected chi connectivity index (χ4v) is 1.63. The quantitative estimate of drug-likeness (QED) is 0.693. The molecule has 1 aliphatic heterocycles. The Balaban J connectivity index is 2.64. The average Bonchev–Trinajstić information content (AvgIpc) is 2.45. The van der Waals surface area contributed by atoms with Crippen LogP contribution in [0.3, 0.4) is 0 Å². The number of nitrogens with two attached hydrogens (primary N) is 1. The smallest absolute Gasteiger partial charge is 0.254 e. The molecule has 4 nitrogen and oxygen atoms in total. The van der Waals surface area contributed by atoms with Crippen molar-refractivity contribution < 1.29 is 9.53 Å². The van der Waals surface area contributed by atoms with Gasteiger partial charge >= 0.3 is 0 Å². The van der Waals surface area contributed by atoms with Gasteiger partial charge in [0.25, 0.3) is 5.91 Å². The number of carbonyl (C=O) groups excluding carboxylic acids is 1. The van der Waals surface area contributed by atoms with Crippen LogP contribution in [0.25, 0.3) is 0 Å². The van der Waals surface area contributed by atoms with Crippen molar-refractivity contribution in [1.82, 2.24) is 4.90 Å². The van der Waals surface area contributed by atoms with Crippen molar-refractivity contribution in [2.45, 2.75) is 32.4 Å². The molecule has 0 bridgehead atoms. The van der Waals surface area contributed by atoms with E-state index in [1.165, 1.54) is 0 Å². The molecule has 1 fully saturated rings.